The van der Waals surface area contributed by atoms with Gasteiger partial charge in [0.2, 0.25) is 0 Å². The van der Waals surface area contributed by atoms with Crippen molar-refractivity contribution in [3.8, 4) is 17.4 Å². The van der Waals surface area contributed by atoms with Crippen LogP contribution in [0.15, 0.2) is 50.2 Å². The summed E-state index contributed by atoms with van der Waals surface area (Å²) in [5.74, 6) is 0.969. The van der Waals surface area contributed by atoms with E-state index in [0.29, 0.717) is 25.3 Å². The summed E-state index contributed by atoms with van der Waals surface area (Å²) in [6, 6.07) is 9.48. The Kier molecular flexibility index (Phi) is 4.32. The van der Waals surface area contributed by atoms with Crippen molar-refractivity contribution in [3.63, 3.8) is 0 Å². The molecular weight excluding hydrogens is 296 g/mol. The molecule has 0 fully saturated rings. The van der Waals surface area contributed by atoms with Gasteiger partial charge in [-0.1, -0.05) is 6.07 Å². The van der Waals surface area contributed by atoms with Gasteiger partial charge < -0.3 is 13.6 Å². The minimum Gasteiger partial charge on any atom is -0.494 e. The highest BCUT2D eigenvalue weighted by molar-refractivity contribution is 5.42. The van der Waals surface area contributed by atoms with Gasteiger partial charge in [-0.15, -0.1) is 5.10 Å². The number of rotatable bonds is 6. The summed E-state index contributed by atoms with van der Waals surface area (Å²) in [6.07, 6.45) is 2.16. The number of hydrogen-bond donors (Lipinski definition) is 0. The molecule has 0 atom stereocenters. The van der Waals surface area contributed by atoms with Crippen molar-refractivity contribution in [1.29, 1.82) is 0 Å². The molecule has 0 saturated carbocycles. The first-order chi connectivity index (χ1) is 11.1. The molecule has 0 unspecified atom stereocenters. The van der Waals surface area contributed by atoms with Gasteiger partial charge in [0.15, 0.2) is 5.76 Å². The maximum Gasteiger partial charge on any atom is 0.437 e. The summed E-state index contributed by atoms with van der Waals surface area (Å²) in [7, 11) is 0. The van der Waals surface area contributed by atoms with E-state index in [1.54, 1.807) is 12.1 Å². The fourth-order valence-corrected chi connectivity index (χ4v) is 2.37. The molecule has 0 saturated heterocycles. The quantitative estimate of drug-likeness (QED) is 0.654. The van der Waals surface area contributed by atoms with Crippen molar-refractivity contribution < 1.29 is 13.6 Å². The van der Waals surface area contributed by atoms with Crippen LogP contribution >= 0.6 is 0 Å². The van der Waals surface area contributed by atoms with E-state index in [9.17, 15) is 4.79 Å². The summed E-state index contributed by atoms with van der Waals surface area (Å²) >= 11 is 0. The van der Waals surface area contributed by atoms with E-state index in [1.165, 1.54) is 10.9 Å². The average Bonchev–Trinajstić information content (AvgIpc) is 3.12. The summed E-state index contributed by atoms with van der Waals surface area (Å²) in [5, 5.41) is 4.11. The van der Waals surface area contributed by atoms with E-state index in [2.05, 4.69) is 11.2 Å². The maximum atomic E-state index is 11.7. The van der Waals surface area contributed by atoms with E-state index < -0.39 is 5.76 Å². The molecule has 0 aliphatic heterocycles. The predicted molar refractivity (Wildman–Crippen MR) is 84.5 cm³/mol. The summed E-state index contributed by atoms with van der Waals surface area (Å²) in [5.41, 5.74) is 2.33. The molecule has 0 aliphatic rings. The Bertz CT molecular complexity index is 810. The van der Waals surface area contributed by atoms with Crippen molar-refractivity contribution in [1.82, 2.24) is 9.78 Å². The lowest BCUT2D eigenvalue weighted by Gasteiger charge is -2.07. The van der Waals surface area contributed by atoms with Crippen molar-refractivity contribution in [2.45, 2.75) is 26.8 Å². The smallest absolute Gasteiger partial charge is 0.437 e. The van der Waals surface area contributed by atoms with Gasteiger partial charge in [0.05, 0.1) is 19.4 Å². The molecule has 3 rings (SSSR count). The second-order valence-electron chi connectivity index (χ2n) is 5.40. The van der Waals surface area contributed by atoms with Gasteiger partial charge in [-0.3, -0.25) is 0 Å². The van der Waals surface area contributed by atoms with Crippen LogP contribution in [0, 0.1) is 13.8 Å². The molecule has 2 heterocycles. The molecule has 1 aromatic carbocycles. The van der Waals surface area contributed by atoms with Crippen LogP contribution in [-0.2, 0) is 6.54 Å². The monoisotopic (exact) mass is 314 g/mol. The Balaban J connectivity index is 1.56. The third-order valence-corrected chi connectivity index (χ3v) is 3.32. The number of ether oxygens (including phenoxy) is 1. The van der Waals surface area contributed by atoms with Crippen molar-refractivity contribution in [3.05, 3.63) is 58.3 Å². The molecule has 0 radical (unpaired) electrons. The van der Waals surface area contributed by atoms with E-state index in [1.807, 2.05) is 26.0 Å². The van der Waals surface area contributed by atoms with Crippen LogP contribution in [-0.4, -0.2) is 16.4 Å². The highest BCUT2D eigenvalue weighted by Crippen LogP contribution is 2.17. The van der Waals surface area contributed by atoms with Gasteiger partial charge in [0, 0.05) is 6.42 Å². The molecule has 6 nitrogen and oxygen atoms in total. The van der Waals surface area contributed by atoms with E-state index in [0.717, 1.165) is 16.9 Å². The standard InChI is InChI=1S/C17H18N2O4/c1-12-9-13(2)11-14(10-12)21-8-4-6-19-17(20)23-16(18-19)15-5-3-7-22-15/h3,5,7,9-11H,4,6,8H2,1-2H3. The lowest BCUT2D eigenvalue weighted by Crippen LogP contribution is -2.17. The first kappa shape index (κ1) is 15.1. The summed E-state index contributed by atoms with van der Waals surface area (Å²) in [6.45, 7) is 4.99. The molecular formula is C17H18N2O4. The summed E-state index contributed by atoms with van der Waals surface area (Å²) in [4.78, 5) is 11.7. The van der Waals surface area contributed by atoms with Gasteiger partial charge in [-0.05, 0) is 49.2 Å². The fourth-order valence-electron chi connectivity index (χ4n) is 2.37. The van der Waals surface area contributed by atoms with E-state index in [4.69, 9.17) is 13.6 Å². The van der Waals surface area contributed by atoms with Crippen LogP contribution in [0.4, 0.5) is 0 Å². The van der Waals surface area contributed by atoms with Crippen molar-refractivity contribution >= 4 is 0 Å². The number of furan rings is 1. The third kappa shape index (κ3) is 3.71. The number of hydrogen-bond acceptors (Lipinski definition) is 5. The zero-order chi connectivity index (χ0) is 16.2. The molecule has 3 aromatic rings. The molecule has 6 heteroatoms. The lowest BCUT2D eigenvalue weighted by molar-refractivity contribution is 0.295. The molecule has 2 aromatic heterocycles. The van der Waals surface area contributed by atoms with Gasteiger partial charge >= 0.3 is 5.76 Å². The fraction of sp³-hybridized carbons (Fsp3) is 0.294. The number of aryl methyl sites for hydroxylation is 3. The molecule has 0 spiro atoms. The van der Waals surface area contributed by atoms with Crippen LogP contribution < -0.4 is 10.5 Å². The van der Waals surface area contributed by atoms with Crippen molar-refractivity contribution in [2.24, 2.45) is 0 Å². The van der Waals surface area contributed by atoms with E-state index in [-0.39, 0.29) is 5.89 Å². The maximum absolute atomic E-state index is 11.7. The Labute approximate surface area is 133 Å². The normalized spacial score (nSPS) is 10.9. The Morgan fingerprint density at radius 3 is 2.70 bits per heavy atom. The minimum absolute atomic E-state index is 0.190. The first-order valence-corrected chi connectivity index (χ1v) is 7.45. The SMILES string of the molecule is Cc1cc(C)cc(OCCCn2nc(-c3ccco3)oc2=O)c1. The van der Waals surface area contributed by atoms with Gasteiger partial charge in [0.25, 0.3) is 5.89 Å². The Morgan fingerprint density at radius 1 is 1.22 bits per heavy atom. The van der Waals surface area contributed by atoms with Crippen molar-refractivity contribution in [2.75, 3.05) is 6.61 Å². The molecule has 0 aliphatic carbocycles. The molecule has 23 heavy (non-hydrogen) atoms. The second-order valence-corrected chi connectivity index (χ2v) is 5.40. The van der Waals surface area contributed by atoms with Crippen LogP contribution in [0.1, 0.15) is 17.5 Å². The van der Waals surface area contributed by atoms with Crippen LogP contribution in [0.3, 0.4) is 0 Å². The second kappa shape index (κ2) is 6.56. The number of nitrogens with zero attached hydrogens (tertiary/aromatic N) is 2. The van der Waals surface area contributed by atoms with Gasteiger partial charge in [-0.25, -0.2) is 4.79 Å². The number of benzene rings is 1. The van der Waals surface area contributed by atoms with Gasteiger partial charge in [-0.2, -0.15) is 4.68 Å². The largest absolute Gasteiger partial charge is 0.494 e. The van der Waals surface area contributed by atoms with Crippen LogP contribution in [0.5, 0.6) is 5.75 Å². The van der Waals surface area contributed by atoms with Crippen LogP contribution in [0.2, 0.25) is 0 Å². The zero-order valence-corrected chi connectivity index (χ0v) is 13.1. The topological polar surface area (TPSA) is 70.4 Å². The molecule has 0 N–H and O–H groups in total. The van der Waals surface area contributed by atoms with E-state index >= 15 is 0 Å². The Hall–Kier alpha value is -2.76. The zero-order valence-electron chi connectivity index (χ0n) is 13.1. The van der Waals surface area contributed by atoms with Gasteiger partial charge in [0.1, 0.15) is 5.75 Å². The highest BCUT2D eigenvalue weighted by atomic mass is 16.5. The molecule has 0 bridgehead atoms. The molecule has 0 amide bonds. The first-order valence-electron chi connectivity index (χ1n) is 7.45. The average molecular weight is 314 g/mol. The highest BCUT2D eigenvalue weighted by Gasteiger charge is 2.12. The van der Waals surface area contributed by atoms with Crippen LogP contribution in [0.25, 0.3) is 11.7 Å². The third-order valence-electron chi connectivity index (χ3n) is 3.32. The lowest BCUT2D eigenvalue weighted by atomic mass is 10.1. The Morgan fingerprint density at radius 2 is 2.00 bits per heavy atom. The minimum atomic E-state index is -0.497. The molecule has 120 valence electrons. The number of aromatic nitrogens is 2. The summed E-state index contributed by atoms with van der Waals surface area (Å²) < 4.78 is 17.2. The predicted octanol–water partition coefficient (Wildman–Crippen LogP) is 3.18.